The van der Waals surface area contributed by atoms with Crippen LogP contribution in [0.3, 0.4) is 0 Å². The molecule has 0 aliphatic heterocycles. The van der Waals surface area contributed by atoms with E-state index >= 15 is 0 Å². The SMILES string of the molecule is NC(=O)[C@@H](C/C=C/c1ccccc1)NC(=O)Cc1cccc([N+](=O)[O-])c1. The summed E-state index contributed by atoms with van der Waals surface area (Å²) < 4.78 is 0. The fraction of sp³-hybridized carbons (Fsp3) is 0.158. The van der Waals surface area contributed by atoms with E-state index in [1.54, 1.807) is 12.1 Å². The Labute approximate surface area is 150 Å². The average molecular weight is 353 g/mol. The van der Waals surface area contributed by atoms with Crippen LogP contribution in [0.15, 0.2) is 60.7 Å². The van der Waals surface area contributed by atoms with E-state index in [1.165, 1.54) is 18.2 Å². The van der Waals surface area contributed by atoms with Crippen molar-refractivity contribution in [1.29, 1.82) is 0 Å². The molecular weight excluding hydrogens is 334 g/mol. The molecule has 0 heterocycles. The van der Waals surface area contributed by atoms with Crippen LogP contribution in [-0.2, 0) is 16.0 Å². The van der Waals surface area contributed by atoms with E-state index in [0.717, 1.165) is 5.56 Å². The molecule has 0 spiro atoms. The third-order valence-corrected chi connectivity index (χ3v) is 3.65. The molecule has 7 nitrogen and oxygen atoms in total. The minimum absolute atomic E-state index is 0.0755. The molecule has 0 aliphatic carbocycles. The molecule has 2 amide bonds. The molecule has 0 radical (unpaired) electrons. The molecule has 2 aromatic rings. The van der Waals surface area contributed by atoms with Crippen LogP contribution >= 0.6 is 0 Å². The van der Waals surface area contributed by atoms with Crippen molar-refractivity contribution in [3.63, 3.8) is 0 Å². The lowest BCUT2D eigenvalue weighted by atomic mass is 10.1. The quantitative estimate of drug-likeness (QED) is 0.559. The van der Waals surface area contributed by atoms with Gasteiger partial charge in [0.25, 0.3) is 5.69 Å². The van der Waals surface area contributed by atoms with Gasteiger partial charge in [0.2, 0.25) is 11.8 Å². The summed E-state index contributed by atoms with van der Waals surface area (Å²) in [5.74, 6) is -1.07. The standard InChI is InChI=1S/C19H19N3O4/c20-19(24)17(11-5-8-14-6-2-1-3-7-14)21-18(23)13-15-9-4-10-16(12-15)22(25)26/h1-10,12,17H,11,13H2,(H2,20,24)(H,21,23)/b8-5+/t17-/m1/s1. The zero-order valence-corrected chi connectivity index (χ0v) is 14.0. The van der Waals surface area contributed by atoms with Gasteiger partial charge in [0.05, 0.1) is 11.3 Å². The van der Waals surface area contributed by atoms with Gasteiger partial charge in [-0.2, -0.15) is 0 Å². The summed E-state index contributed by atoms with van der Waals surface area (Å²) in [5, 5.41) is 13.3. The lowest BCUT2D eigenvalue weighted by Crippen LogP contribution is -2.44. The summed E-state index contributed by atoms with van der Waals surface area (Å²) in [6, 6.07) is 14.5. The number of nitrogens with one attached hydrogen (secondary N) is 1. The Balaban J connectivity index is 1.95. The molecule has 0 bridgehead atoms. The molecule has 0 aromatic heterocycles. The van der Waals surface area contributed by atoms with Crippen LogP contribution in [0.4, 0.5) is 5.69 Å². The molecule has 0 saturated carbocycles. The second kappa shape index (κ2) is 9.12. The number of rotatable bonds is 8. The summed E-state index contributed by atoms with van der Waals surface area (Å²) in [7, 11) is 0. The number of amides is 2. The van der Waals surface area contributed by atoms with Crippen molar-refractivity contribution < 1.29 is 14.5 Å². The van der Waals surface area contributed by atoms with Gasteiger partial charge in [-0.3, -0.25) is 19.7 Å². The maximum Gasteiger partial charge on any atom is 0.269 e. The highest BCUT2D eigenvalue weighted by molar-refractivity contribution is 5.87. The first-order chi connectivity index (χ1) is 12.5. The number of non-ortho nitro benzene ring substituents is 1. The second-order valence-corrected chi connectivity index (χ2v) is 5.68. The Bertz CT molecular complexity index is 819. The van der Waals surface area contributed by atoms with Crippen LogP contribution in [0, 0.1) is 10.1 Å². The third kappa shape index (κ3) is 5.86. The van der Waals surface area contributed by atoms with E-state index < -0.39 is 22.8 Å². The minimum atomic E-state index is -0.846. The Morgan fingerprint density at radius 3 is 2.54 bits per heavy atom. The fourth-order valence-corrected chi connectivity index (χ4v) is 2.36. The number of nitro groups is 1. The predicted molar refractivity (Wildman–Crippen MR) is 98.0 cm³/mol. The molecule has 134 valence electrons. The molecule has 0 aliphatic rings. The van der Waals surface area contributed by atoms with E-state index in [9.17, 15) is 19.7 Å². The first-order valence-corrected chi connectivity index (χ1v) is 7.99. The van der Waals surface area contributed by atoms with Crippen LogP contribution in [0.1, 0.15) is 17.5 Å². The van der Waals surface area contributed by atoms with Gasteiger partial charge in [0.1, 0.15) is 6.04 Å². The van der Waals surface area contributed by atoms with Gasteiger partial charge in [0.15, 0.2) is 0 Å². The van der Waals surface area contributed by atoms with Gasteiger partial charge in [-0.15, -0.1) is 0 Å². The van der Waals surface area contributed by atoms with Crippen molar-refractivity contribution in [2.45, 2.75) is 18.9 Å². The van der Waals surface area contributed by atoms with Crippen molar-refractivity contribution in [3.05, 3.63) is 81.9 Å². The van der Waals surface area contributed by atoms with Crippen LogP contribution in [0.5, 0.6) is 0 Å². The lowest BCUT2D eigenvalue weighted by molar-refractivity contribution is -0.384. The number of carbonyl (C=O) groups excluding carboxylic acids is 2. The van der Waals surface area contributed by atoms with Crippen LogP contribution in [-0.4, -0.2) is 22.8 Å². The van der Waals surface area contributed by atoms with E-state index in [-0.39, 0.29) is 18.5 Å². The molecular formula is C19H19N3O4. The Morgan fingerprint density at radius 1 is 1.15 bits per heavy atom. The minimum Gasteiger partial charge on any atom is -0.368 e. The molecule has 2 rings (SSSR count). The number of hydrogen-bond acceptors (Lipinski definition) is 4. The van der Waals surface area contributed by atoms with E-state index in [1.807, 2.05) is 36.4 Å². The largest absolute Gasteiger partial charge is 0.368 e. The zero-order chi connectivity index (χ0) is 18.9. The van der Waals surface area contributed by atoms with Gasteiger partial charge >= 0.3 is 0 Å². The Morgan fingerprint density at radius 2 is 1.88 bits per heavy atom. The van der Waals surface area contributed by atoms with Crippen molar-refractivity contribution >= 4 is 23.6 Å². The monoisotopic (exact) mass is 353 g/mol. The predicted octanol–water partition coefficient (Wildman–Crippen LogP) is 2.21. The zero-order valence-electron chi connectivity index (χ0n) is 14.0. The molecule has 3 N–H and O–H groups in total. The first kappa shape index (κ1) is 18.9. The highest BCUT2D eigenvalue weighted by atomic mass is 16.6. The maximum absolute atomic E-state index is 12.1. The summed E-state index contributed by atoms with van der Waals surface area (Å²) >= 11 is 0. The van der Waals surface area contributed by atoms with Gasteiger partial charge in [-0.05, 0) is 17.5 Å². The normalized spacial score (nSPS) is 11.8. The summed E-state index contributed by atoms with van der Waals surface area (Å²) in [6.45, 7) is 0. The maximum atomic E-state index is 12.1. The van der Waals surface area contributed by atoms with Crippen LogP contribution < -0.4 is 11.1 Å². The fourth-order valence-electron chi connectivity index (χ4n) is 2.36. The number of carbonyl (C=O) groups is 2. The number of nitrogens with zero attached hydrogens (tertiary/aromatic N) is 1. The van der Waals surface area contributed by atoms with Gasteiger partial charge in [-0.25, -0.2) is 0 Å². The molecule has 7 heteroatoms. The van der Waals surface area contributed by atoms with Crippen LogP contribution in [0.25, 0.3) is 6.08 Å². The average Bonchev–Trinajstić information content (AvgIpc) is 2.61. The van der Waals surface area contributed by atoms with E-state index in [0.29, 0.717) is 5.56 Å². The number of nitro benzene ring substituents is 1. The Hall–Kier alpha value is -3.48. The van der Waals surface area contributed by atoms with Crippen molar-refractivity contribution in [2.24, 2.45) is 5.73 Å². The summed E-state index contributed by atoms with van der Waals surface area (Å²) in [6.07, 6.45) is 3.78. The van der Waals surface area contributed by atoms with Crippen molar-refractivity contribution in [2.75, 3.05) is 0 Å². The third-order valence-electron chi connectivity index (χ3n) is 3.65. The molecule has 2 aromatic carbocycles. The van der Waals surface area contributed by atoms with Gasteiger partial charge < -0.3 is 11.1 Å². The van der Waals surface area contributed by atoms with Crippen molar-refractivity contribution in [3.8, 4) is 0 Å². The summed E-state index contributed by atoms with van der Waals surface area (Å²) in [5.41, 5.74) is 6.71. The Kier molecular flexibility index (Phi) is 6.61. The smallest absolute Gasteiger partial charge is 0.269 e. The molecule has 0 saturated heterocycles. The number of nitrogens with two attached hydrogens (primary N) is 1. The number of primary amides is 1. The van der Waals surface area contributed by atoms with Gasteiger partial charge in [0, 0.05) is 12.1 Å². The van der Waals surface area contributed by atoms with Crippen molar-refractivity contribution in [1.82, 2.24) is 5.32 Å². The molecule has 0 fully saturated rings. The molecule has 0 unspecified atom stereocenters. The first-order valence-electron chi connectivity index (χ1n) is 7.99. The molecule has 1 atom stereocenters. The van der Waals surface area contributed by atoms with Crippen LogP contribution in [0.2, 0.25) is 0 Å². The summed E-state index contributed by atoms with van der Waals surface area (Å²) in [4.78, 5) is 33.9. The highest BCUT2D eigenvalue weighted by Crippen LogP contribution is 2.13. The van der Waals surface area contributed by atoms with Gasteiger partial charge in [-0.1, -0.05) is 54.6 Å². The van der Waals surface area contributed by atoms with E-state index in [2.05, 4.69) is 5.32 Å². The number of hydrogen-bond donors (Lipinski definition) is 2. The topological polar surface area (TPSA) is 115 Å². The highest BCUT2D eigenvalue weighted by Gasteiger charge is 2.17. The lowest BCUT2D eigenvalue weighted by Gasteiger charge is -2.13. The molecule has 26 heavy (non-hydrogen) atoms. The van der Waals surface area contributed by atoms with E-state index in [4.69, 9.17) is 5.73 Å². The second-order valence-electron chi connectivity index (χ2n) is 5.68. The number of benzene rings is 2.